The Bertz CT molecular complexity index is 1300. The molecular weight excluding hydrogens is 522 g/mol. The van der Waals surface area contributed by atoms with Crippen molar-refractivity contribution in [3.63, 3.8) is 0 Å². The minimum atomic E-state index is -0.645. The molecule has 0 bridgehead atoms. The van der Waals surface area contributed by atoms with E-state index in [-0.39, 0.29) is 19.0 Å². The van der Waals surface area contributed by atoms with Crippen LogP contribution in [0.1, 0.15) is 55.5 Å². The first-order valence-electron chi connectivity index (χ1n) is 13.7. The molecule has 0 fully saturated rings. The van der Waals surface area contributed by atoms with Gasteiger partial charge >= 0.3 is 12.1 Å². The summed E-state index contributed by atoms with van der Waals surface area (Å²) >= 11 is 0. The Morgan fingerprint density at radius 2 is 1.68 bits per heavy atom. The molecule has 8 heteroatoms. The Balaban J connectivity index is 1.88. The number of para-hydroxylation sites is 1. The van der Waals surface area contributed by atoms with E-state index in [9.17, 15) is 14.7 Å². The van der Waals surface area contributed by atoms with Crippen molar-refractivity contribution in [2.45, 2.75) is 58.3 Å². The number of amides is 1. The molecule has 1 atom stereocenters. The number of aliphatic hydroxyl groups excluding tert-OH is 1. The molecule has 3 rings (SSSR count). The van der Waals surface area contributed by atoms with Crippen LogP contribution in [0.2, 0.25) is 0 Å². The fourth-order valence-electron chi connectivity index (χ4n) is 4.38. The SMILES string of the molecule is COCCCc1cc(COc2ccccc2CC(=O)OC)cc(-c2cccc([C@@H](CO)NC(=O)OC(C)(C)C)c2)c1. The highest BCUT2D eigenvalue weighted by atomic mass is 16.6. The molecule has 0 aromatic heterocycles. The molecule has 0 saturated heterocycles. The fraction of sp³-hybridized carbons (Fsp3) is 0.394. The van der Waals surface area contributed by atoms with E-state index in [0.717, 1.165) is 46.2 Å². The summed E-state index contributed by atoms with van der Waals surface area (Å²) in [6.07, 6.45) is 1.24. The summed E-state index contributed by atoms with van der Waals surface area (Å²) in [4.78, 5) is 24.2. The number of hydrogen-bond acceptors (Lipinski definition) is 7. The summed E-state index contributed by atoms with van der Waals surface area (Å²) in [5.41, 5.74) is 4.90. The van der Waals surface area contributed by atoms with E-state index in [2.05, 4.69) is 23.5 Å². The van der Waals surface area contributed by atoms with Crippen LogP contribution in [0.15, 0.2) is 66.7 Å². The summed E-state index contributed by atoms with van der Waals surface area (Å²) in [6.45, 7) is 6.06. The van der Waals surface area contributed by atoms with Gasteiger partial charge in [0.05, 0.1) is 26.2 Å². The highest BCUT2D eigenvalue weighted by molar-refractivity contribution is 5.73. The van der Waals surface area contributed by atoms with Crippen molar-refractivity contribution in [1.29, 1.82) is 0 Å². The number of benzene rings is 3. The van der Waals surface area contributed by atoms with Crippen molar-refractivity contribution in [2.24, 2.45) is 0 Å². The molecule has 0 radical (unpaired) electrons. The number of rotatable bonds is 13. The van der Waals surface area contributed by atoms with Crippen LogP contribution >= 0.6 is 0 Å². The average Bonchev–Trinajstić information content (AvgIpc) is 2.94. The van der Waals surface area contributed by atoms with Crippen LogP contribution in [-0.2, 0) is 38.5 Å². The first-order valence-corrected chi connectivity index (χ1v) is 13.7. The van der Waals surface area contributed by atoms with Gasteiger partial charge in [0.1, 0.15) is 18.0 Å². The van der Waals surface area contributed by atoms with Gasteiger partial charge in [0.25, 0.3) is 0 Å². The lowest BCUT2D eigenvalue weighted by Gasteiger charge is -2.23. The predicted octanol–water partition coefficient (Wildman–Crippen LogP) is 5.79. The molecule has 0 saturated carbocycles. The summed E-state index contributed by atoms with van der Waals surface area (Å²) in [5, 5.41) is 12.8. The lowest BCUT2D eigenvalue weighted by atomic mass is 9.95. The number of ether oxygens (including phenoxy) is 4. The van der Waals surface area contributed by atoms with Crippen molar-refractivity contribution in [2.75, 3.05) is 27.4 Å². The maximum atomic E-state index is 12.4. The number of carbonyl (C=O) groups is 2. The number of aliphatic hydroxyl groups is 1. The maximum Gasteiger partial charge on any atom is 0.408 e. The standard InChI is InChI=1S/C33H41NO7/c1-33(2,3)41-32(37)34-29(21-35)26-13-8-12-25(19-26)28-17-23(10-9-15-38-4)16-24(18-28)22-40-30-14-7-6-11-27(30)20-31(36)39-5/h6-8,11-14,16-19,29,35H,9-10,15,20-22H2,1-5H3,(H,34,37)/t29-/m1/s1. The molecule has 1 amide bonds. The number of esters is 1. The maximum absolute atomic E-state index is 12.4. The van der Waals surface area contributed by atoms with Gasteiger partial charge in [-0.1, -0.05) is 48.5 Å². The minimum Gasteiger partial charge on any atom is -0.489 e. The van der Waals surface area contributed by atoms with Crippen molar-refractivity contribution in [3.05, 3.63) is 89.0 Å². The van der Waals surface area contributed by atoms with E-state index >= 15 is 0 Å². The zero-order valence-electron chi connectivity index (χ0n) is 24.6. The van der Waals surface area contributed by atoms with Gasteiger partial charge in [-0.05, 0) is 79.6 Å². The second kappa shape index (κ2) is 15.2. The molecule has 0 unspecified atom stereocenters. The van der Waals surface area contributed by atoms with E-state index in [1.54, 1.807) is 27.9 Å². The lowest BCUT2D eigenvalue weighted by molar-refractivity contribution is -0.139. The molecule has 8 nitrogen and oxygen atoms in total. The Kier molecular flexibility index (Phi) is 11.7. The Hall–Kier alpha value is -3.88. The molecule has 0 aliphatic carbocycles. The van der Waals surface area contributed by atoms with Crippen molar-refractivity contribution in [1.82, 2.24) is 5.32 Å². The Morgan fingerprint density at radius 3 is 2.39 bits per heavy atom. The largest absolute Gasteiger partial charge is 0.489 e. The highest BCUT2D eigenvalue weighted by Crippen LogP contribution is 2.28. The number of carbonyl (C=O) groups excluding carboxylic acids is 2. The average molecular weight is 564 g/mol. The highest BCUT2D eigenvalue weighted by Gasteiger charge is 2.20. The summed E-state index contributed by atoms with van der Waals surface area (Å²) in [7, 11) is 3.06. The normalized spacial score (nSPS) is 12.0. The Labute approximate surface area is 242 Å². The van der Waals surface area contributed by atoms with Gasteiger partial charge in [-0.3, -0.25) is 4.79 Å². The van der Waals surface area contributed by atoms with Crippen LogP contribution in [0.4, 0.5) is 4.79 Å². The monoisotopic (exact) mass is 563 g/mol. The molecule has 0 heterocycles. The number of alkyl carbamates (subject to hydrolysis) is 1. The van der Waals surface area contributed by atoms with Gasteiger partial charge in [-0.15, -0.1) is 0 Å². The van der Waals surface area contributed by atoms with Gasteiger partial charge in [-0.25, -0.2) is 4.79 Å². The molecule has 0 aliphatic heterocycles. The molecule has 220 valence electrons. The van der Waals surface area contributed by atoms with Gasteiger partial charge < -0.3 is 29.4 Å². The quantitative estimate of drug-likeness (QED) is 0.201. The van der Waals surface area contributed by atoms with Crippen LogP contribution in [-0.4, -0.2) is 50.2 Å². The van der Waals surface area contributed by atoms with Crippen LogP contribution in [0.25, 0.3) is 11.1 Å². The van der Waals surface area contributed by atoms with E-state index < -0.39 is 17.7 Å². The topological polar surface area (TPSA) is 103 Å². The zero-order chi connectivity index (χ0) is 29.8. The van der Waals surface area contributed by atoms with Crippen LogP contribution < -0.4 is 10.1 Å². The second-order valence-electron chi connectivity index (χ2n) is 10.8. The van der Waals surface area contributed by atoms with E-state index in [0.29, 0.717) is 19.0 Å². The van der Waals surface area contributed by atoms with Crippen molar-refractivity contribution >= 4 is 12.1 Å². The predicted molar refractivity (Wildman–Crippen MR) is 158 cm³/mol. The minimum absolute atomic E-state index is 0.130. The second-order valence-corrected chi connectivity index (χ2v) is 10.8. The van der Waals surface area contributed by atoms with Gasteiger partial charge in [-0.2, -0.15) is 0 Å². The molecule has 41 heavy (non-hydrogen) atoms. The lowest BCUT2D eigenvalue weighted by Crippen LogP contribution is -2.36. The third kappa shape index (κ3) is 10.2. The first kappa shape index (κ1) is 31.6. The first-order chi connectivity index (χ1) is 19.6. The van der Waals surface area contributed by atoms with Crippen LogP contribution in [0.5, 0.6) is 5.75 Å². The third-order valence-corrected chi connectivity index (χ3v) is 6.29. The van der Waals surface area contributed by atoms with Crippen LogP contribution in [0, 0.1) is 0 Å². The number of aryl methyl sites for hydroxylation is 1. The number of hydrogen-bond donors (Lipinski definition) is 2. The summed E-state index contributed by atoms with van der Waals surface area (Å²) < 4.78 is 21.6. The van der Waals surface area contributed by atoms with Gasteiger partial charge in [0, 0.05) is 19.3 Å². The van der Waals surface area contributed by atoms with Crippen molar-refractivity contribution < 1.29 is 33.6 Å². The zero-order valence-corrected chi connectivity index (χ0v) is 24.6. The molecule has 3 aromatic rings. The van der Waals surface area contributed by atoms with E-state index in [1.165, 1.54) is 7.11 Å². The number of nitrogens with one attached hydrogen (secondary N) is 1. The molecule has 0 spiro atoms. The Morgan fingerprint density at radius 1 is 0.927 bits per heavy atom. The smallest absolute Gasteiger partial charge is 0.408 e. The summed E-state index contributed by atoms with van der Waals surface area (Å²) in [5.74, 6) is 0.302. The van der Waals surface area contributed by atoms with E-state index in [1.807, 2.05) is 48.5 Å². The third-order valence-electron chi connectivity index (χ3n) is 6.29. The van der Waals surface area contributed by atoms with E-state index in [4.69, 9.17) is 18.9 Å². The molecule has 2 N–H and O–H groups in total. The fourth-order valence-corrected chi connectivity index (χ4v) is 4.38. The molecule has 3 aromatic carbocycles. The molecule has 0 aliphatic rings. The van der Waals surface area contributed by atoms with Crippen LogP contribution in [0.3, 0.4) is 0 Å². The molecular formula is C33H41NO7. The van der Waals surface area contributed by atoms with Crippen molar-refractivity contribution in [3.8, 4) is 16.9 Å². The van der Waals surface area contributed by atoms with Gasteiger partial charge in [0.15, 0.2) is 0 Å². The van der Waals surface area contributed by atoms with Gasteiger partial charge in [0.2, 0.25) is 0 Å². The number of methoxy groups -OCH3 is 2. The summed E-state index contributed by atoms with van der Waals surface area (Å²) in [6, 6.07) is 20.9.